The second-order valence-electron chi connectivity index (χ2n) is 1.28. The minimum absolute atomic E-state index is 0. The molecule has 0 aromatic heterocycles. The van der Waals surface area contributed by atoms with Gasteiger partial charge in [0.25, 0.3) is 7.82 Å². The predicted octanol–water partition coefficient (Wildman–Crippen LogP) is 1.37. The van der Waals surface area contributed by atoms with Crippen LogP contribution in [0.1, 0.15) is 20.8 Å². The van der Waals surface area contributed by atoms with Crippen LogP contribution < -0.4 is 4.89 Å². The Morgan fingerprint density at radius 3 is 1.67 bits per heavy atom. The van der Waals surface area contributed by atoms with Gasteiger partial charge in [-0.3, -0.25) is 4.57 Å². The molecule has 12 heavy (non-hydrogen) atoms. The summed E-state index contributed by atoms with van der Waals surface area (Å²) in [5.74, 6) is 0. The van der Waals surface area contributed by atoms with Crippen LogP contribution in [0.25, 0.3) is 0 Å². The molecular formula is C6H15O4PZn. The van der Waals surface area contributed by atoms with Gasteiger partial charge in [-0.1, -0.05) is 0 Å². The van der Waals surface area contributed by atoms with E-state index >= 15 is 0 Å². The third-order valence-corrected chi connectivity index (χ3v) is 1.72. The molecule has 0 atom stereocenters. The molecule has 70 valence electrons. The molecule has 0 unspecified atom stereocenters. The number of phosphoric acid groups is 1. The van der Waals surface area contributed by atoms with Crippen LogP contribution in [-0.2, 0) is 33.1 Å². The molecule has 0 heterocycles. The summed E-state index contributed by atoms with van der Waals surface area (Å²) in [6, 6.07) is 0. The Labute approximate surface area is 87.0 Å². The van der Waals surface area contributed by atoms with E-state index < -0.39 is 7.82 Å². The Bertz CT molecular complexity index is 110. The zero-order chi connectivity index (χ0) is 9.33. The molecule has 0 aromatic carbocycles. The first-order valence-electron chi connectivity index (χ1n) is 3.43. The van der Waals surface area contributed by atoms with Crippen LogP contribution in [0.4, 0.5) is 0 Å². The van der Waals surface area contributed by atoms with Crippen LogP contribution in [0.15, 0.2) is 0 Å². The van der Waals surface area contributed by atoms with E-state index in [2.05, 4.69) is 16.0 Å². The summed E-state index contributed by atoms with van der Waals surface area (Å²) in [6.45, 7) is 8.43. The fraction of sp³-hybridized carbons (Fsp3) is 0.833. The summed E-state index contributed by atoms with van der Waals surface area (Å²) in [7, 11) is -3.94. The van der Waals surface area contributed by atoms with Crippen LogP contribution in [0.3, 0.4) is 0 Å². The summed E-state index contributed by atoms with van der Waals surface area (Å²) < 4.78 is 18.9. The van der Waals surface area contributed by atoms with Crippen molar-refractivity contribution in [1.82, 2.24) is 0 Å². The Morgan fingerprint density at radius 1 is 1.25 bits per heavy atom. The molecule has 0 amide bonds. The SMILES string of the molecule is CCOP(=O)([O-])OCC.[CH2-]C.[Zn+2]. The van der Waals surface area contributed by atoms with Crippen molar-refractivity contribution in [3.8, 4) is 0 Å². The van der Waals surface area contributed by atoms with Gasteiger partial charge in [-0.15, -0.1) is 0 Å². The average molecular weight is 248 g/mol. The smallest absolute Gasteiger partial charge is 0.756 e. The molecule has 0 saturated heterocycles. The fourth-order valence-corrected chi connectivity index (χ4v) is 1.06. The molecule has 6 heteroatoms. The van der Waals surface area contributed by atoms with Crippen molar-refractivity contribution in [2.75, 3.05) is 13.2 Å². The van der Waals surface area contributed by atoms with E-state index in [0.29, 0.717) is 0 Å². The van der Waals surface area contributed by atoms with Crippen molar-refractivity contribution < 1.29 is 38.0 Å². The third kappa shape index (κ3) is 13.3. The summed E-state index contributed by atoms with van der Waals surface area (Å²) in [5.41, 5.74) is 0. The van der Waals surface area contributed by atoms with Crippen molar-refractivity contribution in [2.24, 2.45) is 0 Å². The normalized spacial score (nSPS) is 9.42. The maximum Gasteiger partial charge on any atom is 2.00 e. The van der Waals surface area contributed by atoms with E-state index in [9.17, 15) is 9.46 Å². The molecule has 0 N–H and O–H groups in total. The maximum atomic E-state index is 10.4. The minimum Gasteiger partial charge on any atom is -0.756 e. The van der Waals surface area contributed by atoms with Crippen LogP contribution in [-0.4, -0.2) is 13.2 Å². The molecule has 0 spiro atoms. The summed E-state index contributed by atoms with van der Waals surface area (Å²) in [4.78, 5) is 10.4. The van der Waals surface area contributed by atoms with Gasteiger partial charge in [0.2, 0.25) is 0 Å². The Kier molecular flexibility index (Phi) is 18.1. The third-order valence-electron chi connectivity index (χ3n) is 0.574. The maximum absolute atomic E-state index is 10.4. The van der Waals surface area contributed by atoms with Crippen molar-refractivity contribution >= 4 is 7.82 Å². The van der Waals surface area contributed by atoms with E-state index in [1.807, 2.05) is 0 Å². The van der Waals surface area contributed by atoms with E-state index in [0.717, 1.165) is 0 Å². The van der Waals surface area contributed by atoms with Crippen LogP contribution in [0.5, 0.6) is 0 Å². The summed E-state index contributed by atoms with van der Waals surface area (Å²) in [6.07, 6.45) is 0. The fourth-order valence-electron chi connectivity index (χ4n) is 0.353. The van der Waals surface area contributed by atoms with Gasteiger partial charge in [0.05, 0.1) is 13.2 Å². The molecular weight excluding hydrogens is 232 g/mol. The summed E-state index contributed by atoms with van der Waals surface area (Å²) in [5, 5.41) is 0. The second kappa shape index (κ2) is 11.7. The Hall–Kier alpha value is 0.733. The molecule has 0 bridgehead atoms. The Balaban J connectivity index is -0.000000249. The number of hydrogen-bond donors (Lipinski definition) is 0. The molecule has 0 saturated carbocycles. The second-order valence-corrected chi connectivity index (χ2v) is 2.69. The van der Waals surface area contributed by atoms with Gasteiger partial charge in [0.1, 0.15) is 0 Å². The largest absolute Gasteiger partial charge is 2.00 e. The first kappa shape index (κ1) is 18.5. The monoisotopic (exact) mass is 246 g/mol. The van der Waals surface area contributed by atoms with Gasteiger partial charge in [-0.05, 0) is 13.8 Å². The van der Waals surface area contributed by atoms with E-state index in [1.54, 1.807) is 20.8 Å². The van der Waals surface area contributed by atoms with Crippen LogP contribution in [0.2, 0.25) is 0 Å². The predicted molar refractivity (Wildman–Crippen MR) is 41.9 cm³/mol. The van der Waals surface area contributed by atoms with Crippen molar-refractivity contribution in [3.05, 3.63) is 6.92 Å². The quantitative estimate of drug-likeness (QED) is 0.428. The van der Waals surface area contributed by atoms with Crippen LogP contribution >= 0.6 is 7.82 Å². The Morgan fingerprint density at radius 2 is 1.50 bits per heavy atom. The van der Waals surface area contributed by atoms with Gasteiger partial charge >= 0.3 is 19.5 Å². The zero-order valence-electron chi connectivity index (χ0n) is 7.91. The molecule has 0 aliphatic carbocycles. The molecule has 0 aliphatic heterocycles. The van der Waals surface area contributed by atoms with Crippen molar-refractivity contribution in [2.45, 2.75) is 20.8 Å². The molecule has 0 aromatic rings. The van der Waals surface area contributed by atoms with Crippen molar-refractivity contribution in [3.63, 3.8) is 0 Å². The average Bonchev–Trinajstić information content (AvgIpc) is 1.91. The zero-order valence-corrected chi connectivity index (χ0v) is 11.8. The topological polar surface area (TPSA) is 58.6 Å². The van der Waals surface area contributed by atoms with Crippen LogP contribution in [0, 0.1) is 6.92 Å². The molecule has 0 rings (SSSR count). The number of hydrogen-bond acceptors (Lipinski definition) is 4. The molecule has 0 fully saturated rings. The molecule has 0 aliphatic rings. The standard InChI is InChI=1S/C4H11O4P.C2H5.Zn/c1-3-7-9(5,6)8-4-2;1-2;/h3-4H2,1-2H3,(H,5,6);1H2,2H3;/q;-1;+2/p-1. The van der Waals surface area contributed by atoms with Gasteiger partial charge in [-0.2, -0.15) is 6.92 Å². The molecule has 0 radical (unpaired) electrons. The first-order chi connectivity index (χ1) is 5.12. The van der Waals surface area contributed by atoms with Gasteiger partial charge < -0.3 is 20.9 Å². The first-order valence-corrected chi connectivity index (χ1v) is 4.89. The summed E-state index contributed by atoms with van der Waals surface area (Å²) >= 11 is 0. The number of rotatable bonds is 4. The van der Waals surface area contributed by atoms with E-state index in [4.69, 9.17) is 0 Å². The van der Waals surface area contributed by atoms with Gasteiger partial charge in [0.15, 0.2) is 0 Å². The van der Waals surface area contributed by atoms with Crippen molar-refractivity contribution in [1.29, 1.82) is 0 Å². The van der Waals surface area contributed by atoms with Gasteiger partial charge in [-0.25, -0.2) is 0 Å². The van der Waals surface area contributed by atoms with E-state index in [1.165, 1.54) is 0 Å². The number of phosphoric ester groups is 1. The molecule has 4 nitrogen and oxygen atoms in total. The van der Waals surface area contributed by atoms with Gasteiger partial charge in [0, 0.05) is 0 Å². The van der Waals surface area contributed by atoms with E-state index in [-0.39, 0.29) is 32.7 Å². The minimum atomic E-state index is -3.94.